The third kappa shape index (κ3) is 4.28. The number of carbonyl (C=O) groups is 1. The smallest absolute Gasteiger partial charge is 0.410 e. The molecule has 2 aliphatic rings. The summed E-state index contributed by atoms with van der Waals surface area (Å²) in [6, 6.07) is 14.0. The highest BCUT2D eigenvalue weighted by molar-refractivity contribution is 5.69. The van der Waals surface area contributed by atoms with E-state index in [0.29, 0.717) is 6.61 Å². The topological polar surface area (TPSA) is 57.7 Å². The van der Waals surface area contributed by atoms with Crippen LogP contribution in [0, 0.1) is 0 Å². The molecule has 2 aliphatic heterocycles. The highest BCUT2D eigenvalue weighted by Gasteiger charge is 2.32. The van der Waals surface area contributed by atoms with E-state index < -0.39 is 0 Å². The van der Waals surface area contributed by atoms with Crippen molar-refractivity contribution < 1.29 is 9.53 Å². The van der Waals surface area contributed by atoms with Crippen LogP contribution < -0.4 is 10.2 Å². The summed E-state index contributed by atoms with van der Waals surface area (Å²) in [5.74, 6) is 1.01. The number of rotatable bonds is 4. The van der Waals surface area contributed by atoms with Crippen LogP contribution in [0.25, 0.3) is 0 Å². The van der Waals surface area contributed by atoms with Crippen LogP contribution in [-0.2, 0) is 11.3 Å². The van der Waals surface area contributed by atoms with Gasteiger partial charge in [0.25, 0.3) is 0 Å². The summed E-state index contributed by atoms with van der Waals surface area (Å²) >= 11 is 0. The standard InChI is InChI=1S/C22H28N4O2/c27-22(28-17-18-7-2-1-3-8-18)26-14-5-4-10-20(26)19-9-6-11-24-21(19)25-15-12-23-13-16-25/h1-3,6-9,11,20,23H,4-5,10,12-17H2/t20-/m0/s1. The summed E-state index contributed by atoms with van der Waals surface area (Å²) < 4.78 is 5.65. The minimum Gasteiger partial charge on any atom is -0.445 e. The molecule has 6 nitrogen and oxygen atoms in total. The highest BCUT2D eigenvalue weighted by atomic mass is 16.6. The number of carbonyl (C=O) groups excluding carboxylic acids is 1. The summed E-state index contributed by atoms with van der Waals surface area (Å²) in [5.41, 5.74) is 2.15. The van der Waals surface area contributed by atoms with Crippen molar-refractivity contribution in [3.05, 3.63) is 59.8 Å². The average molecular weight is 380 g/mol. The normalized spacial score (nSPS) is 20.1. The van der Waals surface area contributed by atoms with E-state index in [9.17, 15) is 4.79 Å². The lowest BCUT2D eigenvalue weighted by molar-refractivity contribution is 0.0679. The van der Waals surface area contributed by atoms with E-state index in [1.165, 1.54) is 0 Å². The van der Waals surface area contributed by atoms with Gasteiger partial charge >= 0.3 is 6.09 Å². The average Bonchev–Trinajstić information content (AvgIpc) is 2.79. The molecule has 6 heteroatoms. The van der Waals surface area contributed by atoms with E-state index in [4.69, 9.17) is 4.74 Å². The predicted molar refractivity (Wildman–Crippen MR) is 109 cm³/mol. The number of amides is 1. The van der Waals surface area contributed by atoms with Crippen LogP contribution in [0.2, 0.25) is 0 Å². The van der Waals surface area contributed by atoms with E-state index in [2.05, 4.69) is 21.3 Å². The molecule has 0 radical (unpaired) electrons. The van der Waals surface area contributed by atoms with Crippen LogP contribution >= 0.6 is 0 Å². The maximum Gasteiger partial charge on any atom is 0.410 e. The largest absolute Gasteiger partial charge is 0.445 e. The lowest BCUT2D eigenvalue weighted by Gasteiger charge is -2.38. The number of benzene rings is 1. The molecular weight excluding hydrogens is 352 g/mol. The molecule has 1 amide bonds. The Morgan fingerprint density at radius 2 is 1.89 bits per heavy atom. The quantitative estimate of drug-likeness (QED) is 0.881. The molecule has 0 spiro atoms. The van der Waals surface area contributed by atoms with Crippen molar-refractivity contribution in [2.75, 3.05) is 37.6 Å². The third-order valence-corrected chi connectivity index (χ3v) is 5.53. The monoisotopic (exact) mass is 380 g/mol. The highest BCUT2D eigenvalue weighted by Crippen LogP contribution is 2.36. The number of nitrogens with zero attached hydrogens (tertiary/aromatic N) is 3. The van der Waals surface area contributed by atoms with Crippen molar-refractivity contribution in [3.8, 4) is 0 Å². The Morgan fingerprint density at radius 1 is 1.07 bits per heavy atom. The Hall–Kier alpha value is -2.60. The van der Waals surface area contributed by atoms with E-state index >= 15 is 0 Å². The second kappa shape index (κ2) is 9.06. The zero-order valence-corrected chi connectivity index (χ0v) is 16.2. The number of hydrogen-bond acceptors (Lipinski definition) is 5. The van der Waals surface area contributed by atoms with Crippen molar-refractivity contribution in [2.24, 2.45) is 0 Å². The molecule has 2 saturated heterocycles. The molecular formula is C22H28N4O2. The molecule has 0 aliphatic carbocycles. The van der Waals surface area contributed by atoms with Crippen LogP contribution in [0.5, 0.6) is 0 Å². The number of pyridine rings is 1. The Balaban J connectivity index is 1.51. The van der Waals surface area contributed by atoms with Crippen molar-refractivity contribution >= 4 is 11.9 Å². The Kier molecular flexibility index (Phi) is 6.07. The zero-order valence-electron chi connectivity index (χ0n) is 16.2. The van der Waals surface area contributed by atoms with Crippen LogP contribution in [0.15, 0.2) is 48.7 Å². The Labute approximate surface area is 166 Å². The number of piperidine rings is 1. The van der Waals surface area contributed by atoms with Crippen LogP contribution in [0.1, 0.15) is 36.4 Å². The molecule has 0 unspecified atom stereocenters. The minimum absolute atomic E-state index is 0.0237. The third-order valence-electron chi connectivity index (χ3n) is 5.53. The first-order valence-corrected chi connectivity index (χ1v) is 10.2. The van der Waals surface area contributed by atoms with Crippen molar-refractivity contribution in [1.82, 2.24) is 15.2 Å². The molecule has 2 aromatic rings. The first kappa shape index (κ1) is 18.7. The van der Waals surface area contributed by atoms with Gasteiger partial charge < -0.3 is 19.9 Å². The first-order valence-electron chi connectivity index (χ1n) is 10.2. The van der Waals surface area contributed by atoms with Gasteiger partial charge in [-0.25, -0.2) is 9.78 Å². The molecule has 1 atom stereocenters. The fourth-order valence-electron chi connectivity index (χ4n) is 4.09. The van der Waals surface area contributed by atoms with Gasteiger partial charge in [-0.05, 0) is 30.9 Å². The molecule has 4 rings (SSSR count). The number of hydrogen-bond donors (Lipinski definition) is 1. The van der Waals surface area contributed by atoms with Gasteiger partial charge in [0, 0.05) is 44.5 Å². The predicted octanol–water partition coefficient (Wildman–Crippen LogP) is 3.36. The molecule has 0 bridgehead atoms. The van der Waals surface area contributed by atoms with Gasteiger partial charge in [-0.3, -0.25) is 0 Å². The van der Waals surface area contributed by atoms with Gasteiger partial charge in [-0.2, -0.15) is 0 Å². The van der Waals surface area contributed by atoms with Crippen LogP contribution in [0.4, 0.5) is 10.6 Å². The molecule has 2 fully saturated rings. The molecule has 1 N–H and O–H groups in total. The molecule has 0 saturated carbocycles. The molecule has 1 aromatic heterocycles. The van der Waals surface area contributed by atoms with Gasteiger partial charge in [0.1, 0.15) is 12.4 Å². The van der Waals surface area contributed by atoms with Crippen LogP contribution in [0.3, 0.4) is 0 Å². The maximum atomic E-state index is 12.9. The minimum atomic E-state index is -0.233. The second-order valence-electron chi connectivity index (χ2n) is 7.40. The van der Waals surface area contributed by atoms with Crippen LogP contribution in [-0.4, -0.2) is 48.7 Å². The summed E-state index contributed by atoms with van der Waals surface area (Å²) in [5, 5.41) is 3.39. The molecule has 3 heterocycles. The van der Waals surface area contributed by atoms with E-state index in [1.807, 2.05) is 47.5 Å². The summed E-state index contributed by atoms with van der Waals surface area (Å²) in [4.78, 5) is 21.8. The Morgan fingerprint density at radius 3 is 2.71 bits per heavy atom. The number of anilines is 1. The lowest BCUT2D eigenvalue weighted by Crippen LogP contribution is -2.45. The number of aromatic nitrogens is 1. The summed E-state index contributed by atoms with van der Waals surface area (Å²) in [7, 11) is 0. The number of nitrogens with one attached hydrogen (secondary N) is 1. The van der Waals surface area contributed by atoms with Crippen molar-refractivity contribution in [1.29, 1.82) is 0 Å². The first-order chi connectivity index (χ1) is 13.8. The molecule has 28 heavy (non-hydrogen) atoms. The SMILES string of the molecule is O=C(OCc1ccccc1)N1CCCC[C@H]1c1cccnc1N1CCNCC1. The van der Waals surface area contributed by atoms with Gasteiger partial charge in [0.05, 0.1) is 6.04 Å². The summed E-state index contributed by atoms with van der Waals surface area (Å²) in [6.45, 7) is 4.84. The van der Waals surface area contributed by atoms with E-state index in [1.54, 1.807) is 0 Å². The zero-order chi connectivity index (χ0) is 19.2. The Bertz CT molecular complexity index is 777. The number of ether oxygens (including phenoxy) is 1. The van der Waals surface area contributed by atoms with Gasteiger partial charge in [0.15, 0.2) is 0 Å². The van der Waals surface area contributed by atoms with E-state index in [0.717, 1.165) is 68.9 Å². The summed E-state index contributed by atoms with van der Waals surface area (Å²) in [6.07, 6.45) is 4.69. The lowest BCUT2D eigenvalue weighted by atomic mass is 9.95. The fraction of sp³-hybridized carbons (Fsp3) is 0.455. The second-order valence-corrected chi connectivity index (χ2v) is 7.40. The van der Waals surface area contributed by atoms with Gasteiger partial charge in [-0.1, -0.05) is 36.4 Å². The number of likely N-dealkylation sites (tertiary alicyclic amines) is 1. The maximum absolute atomic E-state index is 12.9. The van der Waals surface area contributed by atoms with E-state index in [-0.39, 0.29) is 12.1 Å². The fourth-order valence-corrected chi connectivity index (χ4v) is 4.09. The molecule has 1 aromatic carbocycles. The van der Waals surface area contributed by atoms with Crippen molar-refractivity contribution in [2.45, 2.75) is 31.9 Å². The number of piperazine rings is 1. The van der Waals surface area contributed by atoms with Gasteiger partial charge in [0.2, 0.25) is 0 Å². The van der Waals surface area contributed by atoms with Gasteiger partial charge in [-0.15, -0.1) is 0 Å². The molecule has 148 valence electrons. The van der Waals surface area contributed by atoms with Crippen molar-refractivity contribution in [3.63, 3.8) is 0 Å².